The Morgan fingerprint density at radius 1 is 1.00 bits per heavy atom. The monoisotopic (exact) mass is 357 g/mol. The number of aromatic nitrogens is 4. The molecule has 1 aromatic carbocycles. The largest absolute Gasteiger partial charge is 0.369 e. The number of nitrogens with one attached hydrogen (secondary N) is 1. The van der Waals surface area contributed by atoms with Crippen molar-refractivity contribution in [2.75, 3.05) is 11.9 Å². The number of unbranched alkanes of at least 4 members (excludes halogenated alkanes) is 3. The van der Waals surface area contributed by atoms with Crippen LogP contribution in [0, 0.1) is 0 Å². The van der Waals surface area contributed by atoms with Crippen molar-refractivity contribution in [3.05, 3.63) is 53.8 Å². The highest BCUT2D eigenvalue weighted by molar-refractivity contribution is 6.30. The van der Waals surface area contributed by atoms with Crippen LogP contribution >= 0.6 is 11.6 Å². The number of benzene rings is 1. The van der Waals surface area contributed by atoms with Crippen LogP contribution in [0.2, 0.25) is 5.02 Å². The van der Waals surface area contributed by atoms with Crippen LogP contribution < -0.4 is 5.32 Å². The molecule has 3 rings (SSSR count). The van der Waals surface area contributed by atoms with Crippen molar-refractivity contribution in [1.82, 2.24) is 20.1 Å². The molecular weight excluding hydrogens is 338 g/mol. The first-order chi connectivity index (χ1) is 12.3. The van der Waals surface area contributed by atoms with E-state index in [1.807, 2.05) is 24.3 Å². The number of hydrogen-bond donors (Lipinski definition) is 1. The minimum atomic E-state index is 0.611. The first-order valence-corrected chi connectivity index (χ1v) is 8.77. The van der Waals surface area contributed by atoms with Crippen LogP contribution in [0.3, 0.4) is 0 Å². The first-order valence-electron chi connectivity index (χ1n) is 8.40. The molecule has 2 heterocycles. The summed E-state index contributed by atoms with van der Waals surface area (Å²) < 4.78 is 5.31. The zero-order chi connectivity index (χ0) is 17.3. The Labute approximate surface area is 151 Å². The van der Waals surface area contributed by atoms with E-state index in [-0.39, 0.29) is 0 Å². The lowest BCUT2D eigenvalue weighted by molar-refractivity contribution is 0.374. The van der Waals surface area contributed by atoms with E-state index in [0.717, 1.165) is 50.0 Å². The smallest absolute Gasteiger partial charge is 0.226 e. The third-order valence-electron chi connectivity index (χ3n) is 3.76. The minimum absolute atomic E-state index is 0.611. The summed E-state index contributed by atoms with van der Waals surface area (Å²) in [5.41, 5.74) is 0.912. The molecule has 0 amide bonds. The first kappa shape index (κ1) is 17.4. The van der Waals surface area contributed by atoms with Gasteiger partial charge in [0.05, 0.1) is 6.20 Å². The molecule has 0 atom stereocenters. The van der Waals surface area contributed by atoms with E-state index < -0.39 is 0 Å². The topological polar surface area (TPSA) is 76.7 Å². The summed E-state index contributed by atoms with van der Waals surface area (Å²) in [7, 11) is 0. The Kier molecular flexibility index (Phi) is 6.34. The van der Waals surface area contributed by atoms with Gasteiger partial charge >= 0.3 is 0 Å². The molecule has 0 aliphatic carbocycles. The summed E-state index contributed by atoms with van der Waals surface area (Å²) in [5.74, 6) is 2.12. The maximum absolute atomic E-state index is 5.88. The Morgan fingerprint density at radius 3 is 2.64 bits per heavy atom. The third-order valence-corrected chi connectivity index (χ3v) is 4.01. The Hall–Kier alpha value is -2.47. The second-order valence-corrected chi connectivity index (χ2v) is 6.14. The molecule has 25 heavy (non-hydrogen) atoms. The Morgan fingerprint density at radius 2 is 1.84 bits per heavy atom. The molecule has 0 aliphatic heterocycles. The number of anilines is 1. The molecule has 130 valence electrons. The van der Waals surface area contributed by atoms with Gasteiger partial charge in [0, 0.05) is 35.9 Å². The van der Waals surface area contributed by atoms with E-state index in [9.17, 15) is 0 Å². The van der Waals surface area contributed by atoms with Gasteiger partial charge in [-0.25, -0.2) is 4.98 Å². The second-order valence-electron chi connectivity index (χ2n) is 5.70. The molecule has 0 radical (unpaired) electrons. The van der Waals surface area contributed by atoms with E-state index in [0.29, 0.717) is 16.7 Å². The maximum atomic E-state index is 5.88. The summed E-state index contributed by atoms with van der Waals surface area (Å²) >= 11 is 5.88. The lowest BCUT2D eigenvalue weighted by Crippen LogP contribution is -2.03. The lowest BCUT2D eigenvalue weighted by Gasteiger charge is -2.04. The molecule has 3 aromatic rings. The molecule has 0 spiro atoms. The number of aryl methyl sites for hydroxylation is 1. The van der Waals surface area contributed by atoms with E-state index in [4.69, 9.17) is 16.1 Å². The number of rotatable bonds is 9. The second kappa shape index (κ2) is 9.13. The minimum Gasteiger partial charge on any atom is -0.369 e. The van der Waals surface area contributed by atoms with Gasteiger partial charge in [0.25, 0.3) is 0 Å². The SMILES string of the molecule is Clc1ccc(-c2noc(CCCCCCNc3cnccn3)n2)cc1. The molecule has 0 saturated carbocycles. The fraction of sp³-hybridized carbons (Fsp3) is 0.333. The van der Waals surface area contributed by atoms with Crippen LogP contribution in [-0.4, -0.2) is 26.7 Å². The molecule has 2 aromatic heterocycles. The molecular formula is C18H20ClN5O. The highest BCUT2D eigenvalue weighted by Crippen LogP contribution is 2.19. The molecule has 1 N–H and O–H groups in total. The molecule has 0 fully saturated rings. The summed E-state index contributed by atoms with van der Waals surface area (Å²) in [5, 5.41) is 7.98. The normalized spacial score (nSPS) is 10.8. The van der Waals surface area contributed by atoms with Gasteiger partial charge in [-0.2, -0.15) is 4.98 Å². The average molecular weight is 358 g/mol. The van der Waals surface area contributed by atoms with E-state index >= 15 is 0 Å². The van der Waals surface area contributed by atoms with Crippen LogP contribution in [0.5, 0.6) is 0 Å². The van der Waals surface area contributed by atoms with Crippen molar-refractivity contribution >= 4 is 17.4 Å². The van der Waals surface area contributed by atoms with Crippen LogP contribution in [0.15, 0.2) is 47.4 Å². The zero-order valence-corrected chi connectivity index (χ0v) is 14.6. The van der Waals surface area contributed by atoms with E-state index in [1.165, 1.54) is 0 Å². The van der Waals surface area contributed by atoms with Crippen LogP contribution in [-0.2, 0) is 6.42 Å². The Bertz CT molecular complexity index is 761. The van der Waals surface area contributed by atoms with Crippen molar-refractivity contribution < 1.29 is 4.52 Å². The Balaban J connectivity index is 1.32. The van der Waals surface area contributed by atoms with Crippen LogP contribution in [0.25, 0.3) is 11.4 Å². The predicted octanol–water partition coefficient (Wildman–Crippen LogP) is 4.40. The van der Waals surface area contributed by atoms with Crippen molar-refractivity contribution in [2.24, 2.45) is 0 Å². The maximum Gasteiger partial charge on any atom is 0.226 e. The van der Waals surface area contributed by atoms with E-state index in [2.05, 4.69) is 25.4 Å². The standard InChI is InChI=1S/C18H20ClN5O/c19-15-8-6-14(7-9-15)18-23-17(25-24-18)5-3-1-2-4-10-21-16-13-20-11-12-22-16/h6-9,11-13H,1-5,10H2,(H,21,22). The van der Waals surface area contributed by atoms with E-state index in [1.54, 1.807) is 18.6 Å². The van der Waals surface area contributed by atoms with Gasteiger partial charge in [-0.15, -0.1) is 0 Å². The van der Waals surface area contributed by atoms with Gasteiger partial charge in [-0.1, -0.05) is 29.6 Å². The van der Waals surface area contributed by atoms with Gasteiger partial charge in [-0.05, 0) is 37.1 Å². The third kappa shape index (κ3) is 5.53. The molecule has 6 nitrogen and oxygen atoms in total. The number of halogens is 1. The van der Waals surface area contributed by atoms with Crippen molar-refractivity contribution in [1.29, 1.82) is 0 Å². The zero-order valence-electron chi connectivity index (χ0n) is 13.9. The van der Waals surface area contributed by atoms with Gasteiger partial charge in [0.15, 0.2) is 0 Å². The fourth-order valence-electron chi connectivity index (χ4n) is 2.43. The van der Waals surface area contributed by atoms with Crippen LogP contribution in [0.4, 0.5) is 5.82 Å². The highest BCUT2D eigenvalue weighted by Gasteiger charge is 2.08. The molecule has 0 bridgehead atoms. The van der Waals surface area contributed by atoms with Crippen LogP contribution in [0.1, 0.15) is 31.6 Å². The predicted molar refractivity (Wildman–Crippen MR) is 97.4 cm³/mol. The van der Waals surface area contributed by atoms with Gasteiger partial charge in [0.2, 0.25) is 11.7 Å². The number of nitrogens with zero attached hydrogens (tertiary/aromatic N) is 4. The van der Waals surface area contributed by atoms with Gasteiger partial charge < -0.3 is 9.84 Å². The molecule has 0 aliphatic rings. The average Bonchev–Trinajstić information content (AvgIpc) is 3.11. The molecule has 0 saturated heterocycles. The molecule has 0 unspecified atom stereocenters. The summed E-state index contributed by atoms with van der Waals surface area (Å²) in [4.78, 5) is 12.6. The summed E-state index contributed by atoms with van der Waals surface area (Å²) in [6.45, 7) is 0.903. The van der Waals surface area contributed by atoms with Gasteiger partial charge in [-0.3, -0.25) is 4.98 Å². The number of hydrogen-bond acceptors (Lipinski definition) is 6. The molecule has 7 heteroatoms. The summed E-state index contributed by atoms with van der Waals surface area (Å²) in [6, 6.07) is 7.42. The fourth-order valence-corrected chi connectivity index (χ4v) is 2.56. The van der Waals surface area contributed by atoms with Crippen molar-refractivity contribution in [3.8, 4) is 11.4 Å². The van der Waals surface area contributed by atoms with Crippen molar-refractivity contribution in [3.63, 3.8) is 0 Å². The van der Waals surface area contributed by atoms with Crippen molar-refractivity contribution in [2.45, 2.75) is 32.1 Å². The quantitative estimate of drug-likeness (QED) is 0.572. The highest BCUT2D eigenvalue weighted by atomic mass is 35.5. The lowest BCUT2D eigenvalue weighted by atomic mass is 10.1. The van der Waals surface area contributed by atoms with Gasteiger partial charge in [0.1, 0.15) is 5.82 Å². The summed E-state index contributed by atoms with van der Waals surface area (Å²) in [6.07, 6.45) is 10.3.